The highest BCUT2D eigenvalue weighted by Crippen LogP contribution is 2.22. The Bertz CT molecular complexity index is 280. The number of aromatic nitrogens is 2. The molecule has 1 heterocycles. The van der Waals surface area contributed by atoms with Gasteiger partial charge in [0.25, 0.3) is 0 Å². The van der Waals surface area contributed by atoms with Crippen LogP contribution in [0.2, 0.25) is 0 Å². The minimum atomic E-state index is 0.707. The smallest absolute Gasteiger partial charge is 0.0939 e. The standard InChI is InChI=1S/C10H18N2S2/c1-4-9(6-13)7-14-10-5-8(2)11-12(10)3/h5,9,13H,4,6-7H2,1-3H3. The van der Waals surface area contributed by atoms with E-state index in [-0.39, 0.29) is 0 Å². The van der Waals surface area contributed by atoms with Crippen LogP contribution >= 0.6 is 24.4 Å². The van der Waals surface area contributed by atoms with Crippen LogP contribution in [0.4, 0.5) is 0 Å². The van der Waals surface area contributed by atoms with Crippen molar-refractivity contribution in [3.8, 4) is 0 Å². The fourth-order valence-corrected chi connectivity index (χ4v) is 3.03. The first kappa shape index (κ1) is 12.0. The molecule has 0 amide bonds. The van der Waals surface area contributed by atoms with Crippen molar-refractivity contribution in [2.75, 3.05) is 11.5 Å². The van der Waals surface area contributed by atoms with E-state index in [9.17, 15) is 0 Å². The van der Waals surface area contributed by atoms with Crippen LogP contribution in [-0.4, -0.2) is 21.3 Å². The van der Waals surface area contributed by atoms with Crippen molar-refractivity contribution in [1.82, 2.24) is 9.78 Å². The van der Waals surface area contributed by atoms with Crippen LogP contribution < -0.4 is 0 Å². The number of thioether (sulfide) groups is 1. The summed E-state index contributed by atoms with van der Waals surface area (Å²) in [5, 5.41) is 5.57. The summed E-state index contributed by atoms with van der Waals surface area (Å²) < 4.78 is 1.95. The topological polar surface area (TPSA) is 17.8 Å². The minimum absolute atomic E-state index is 0.707. The van der Waals surface area contributed by atoms with Crippen molar-refractivity contribution in [2.45, 2.75) is 25.3 Å². The summed E-state index contributed by atoms with van der Waals surface area (Å²) in [7, 11) is 2.00. The normalized spacial score (nSPS) is 13.1. The summed E-state index contributed by atoms with van der Waals surface area (Å²) in [6, 6.07) is 2.13. The first-order valence-corrected chi connectivity index (χ1v) is 6.53. The lowest BCUT2D eigenvalue weighted by molar-refractivity contribution is 0.644. The maximum Gasteiger partial charge on any atom is 0.0939 e. The van der Waals surface area contributed by atoms with E-state index in [4.69, 9.17) is 0 Å². The van der Waals surface area contributed by atoms with Gasteiger partial charge in [0.05, 0.1) is 10.7 Å². The molecule has 0 saturated carbocycles. The van der Waals surface area contributed by atoms with E-state index in [1.165, 1.54) is 11.4 Å². The van der Waals surface area contributed by atoms with E-state index in [1.807, 2.05) is 30.4 Å². The zero-order chi connectivity index (χ0) is 10.6. The highest BCUT2D eigenvalue weighted by molar-refractivity contribution is 7.99. The van der Waals surface area contributed by atoms with Gasteiger partial charge in [0.2, 0.25) is 0 Å². The highest BCUT2D eigenvalue weighted by atomic mass is 32.2. The Hall–Kier alpha value is -0.0900. The van der Waals surface area contributed by atoms with Gasteiger partial charge in [-0.3, -0.25) is 4.68 Å². The maximum absolute atomic E-state index is 4.34. The molecule has 1 aromatic heterocycles. The third-order valence-electron chi connectivity index (χ3n) is 2.26. The van der Waals surface area contributed by atoms with Crippen molar-refractivity contribution >= 4 is 24.4 Å². The predicted molar refractivity (Wildman–Crippen MR) is 66.3 cm³/mol. The van der Waals surface area contributed by atoms with Crippen molar-refractivity contribution in [3.05, 3.63) is 11.8 Å². The average Bonchev–Trinajstić information content (AvgIpc) is 2.47. The molecule has 0 radical (unpaired) electrons. The lowest BCUT2D eigenvalue weighted by Gasteiger charge is -2.10. The van der Waals surface area contributed by atoms with Crippen molar-refractivity contribution in [1.29, 1.82) is 0 Å². The molecule has 4 heteroatoms. The van der Waals surface area contributed by atoms with Gasteiger partial charge in [0.1, 0.15) is 0 Å². The van der Waals surface area contributed by atoms with E-state index in [0.29, 0.717) is 5.92 Å². The second-order valence-electron chi connectivity index (χ2n) is 3.52. The number of aryl methyl sites for hydroxylation is 2. The Labute approximate surface area is 95.9 Å². The third kappa shape index (κ3) is 3.24. The molecule has 2 nitrogen and oxygen atoms in total. The molecule has 0 spiro atoms. The van der Waals surface area contributed by atoms with Gasteiger partial charge in [-0.25, -0.2) is 0 Å². The molecule has 1 aromatic rings. The van der Waals surface area contributed by atoms with E-state index in [2.05, 4.69) is 30.7 Å². The third-order valence-corrected chi connectivity index (χ3v) is 4.09. The minimum Gasteiger partial charge on any atom is -0.262 e. The maximum atomic E-state index is 4.34. The molecule has 1 unspecified atom stereocenters. The van der Waals surface area contributed by atoms with Crippen LogP contribution in [0, 0.1) is 12.8 Å². The number of hydrogen-bond acceptors (Lipinski definition) is 3. The molecule has 0 fully saturated rings. The fourth-order valence-electron chi connectivity index (χ4n) is 1.22. The number of nitrogens with zero attached hydrogens (tertiary/aromatic N) is 2. The summed E-state index contributed by atoms with van der Waals surface area (Å²) in [6.45, 7) is 4.25. The first-order chi connectivity index (χ1) is 6.67. The Morgan fingerprint density at radius 2 is 2.36 bits per heavy atom. The molecule has 0 N–H and O–H groups in total. The number of hydrogen-bond donors (Lipinski definition) is 1. The van der Waals surface area contributed by atoms with E-state index >= 15 is 0 Å². The summed E-state index contributed by atoms with van der Waals surface area (Å²) in [5.74, 6) is 2.82. The predicted octanol–water partition coefficient (Wildman–Crippen LogP) is 2.78. The van der Waals surface area contributed by atoms with Crippen LogP contribution in [0.25, 0.3) is 0 Å². The van der Waals surface area contributed by atoms with Crippen molar-refractivity contribution in [3.63, 3.8) is 0 Å². The molecule has 0 aliphatic rings. The van der Waals surface area contributed by atoms with Crippen LogP contribution in [0.3, 0.4) is 0 Å². The summed E-state index contributed by atoms with van der Waals surface area (Å²) in [6.07, 6.45) is 1.20. The van der Waals surface area contributed by atoms with Gasteiger partial charge in [-0.1, -0.05) is 13.3 Å². The van der Waals surface area contributed by atoms with Crippen LogP contribution in [0.5, 0.6) is 0 Å². The molecule has 80 valence electrons. The zero-order valence-corrected chi connectivity index (χ0v) is 10.7. The largest absolute Gasteiger partial charge is 0.262 e. The first-order valence-electron chi connectivity index (χ1n) is 4.91. The van der Waals surface area contributed by atoms with Crippen LogP contribution in [0.15, 0.2) is 11.1 Å². The van der Waals surface area contributed by atoms with Gasteiger partial charge in [0, 0.05) is 12.8 Å². The lowest BCUT2D eigenvalue weighted by Crippen LogP contribution is -2.04. The van der Waals surface area contributed by atoms with Gasteiger partial charge in [-0.05, 0) is 24.7 Å². The molecule has 0 saturated heterocycles. The molecule has 0 bridgehead atoms. The molecule has 1 rings (SSSR count). The molecular weight excluding hydrogens is 212 g/mol. The Morgan fingerprint density at radius 3 is 2.79 bits per heavy atom. The Morgan fingerprint density at radius 1 is 1.64 bits per heavy atom. The molecular formula is C10H18N2S2. The molecule has 1 atom stereocenters. The van der Waals surface area contributed by atoms with Gasteiger partial charge >= 0.3 is 0 Å². The number of rotatable bonds is 5. The monoisotopic (exact) mass is 230 g/mol. The van der Waals surface area contributed by atoms with Gasteiger partial charge < -0.3 is 0 Å². The molecule has 0 aliphatic carbocycles. The van der Waals surface area contributed by atoms with Crippen molar-refractivity contribution in [2.24, 2.45) is 13.0 Å². The van der Waals surface area contributed by atoms with Crippen LogP contribution in [0.1, 0.15) is 19.0 Å². The Kier molecular flexibility index (Phi) is 4.89. The Balaban J connectivity index is 2.48. The van der Waals surface area contributed by atoms with Crippen molar-refractivity contribution < 1.29 is 0 Å². The van der Waals surface area contributed by atoms with Gasteiger partial charge in [0.15, 0.2) is 0 Å². The van der Waals surface area contributed by atoms with Gasteiger partial charge in [-0.2, -0.15) is 17.7 Å². The van der Waals surface area contributed by atoms with E-state index in [0.717, 1.165) is 17.2 Å². The lowest BCUT2D eigenvalue weighted by atomic mass is 10.2. The quantitative estimate of drug-likeness (QED) is 0.619. The summed E-state index contributed by atoms with van der Waals surface area (Å²) in [5.41, 5.74) is 1.09. The fraction of sp³-hybridized carbons (Fsp3) is 0.700. The van der Waals surface area contributed by atoms with E-state index < -0.39 is 0 Å². The molecule has 0 aliphatic heterocycles. The molecule has 0 aromatic carbocycles. The summed E-state index contributed by atoms with van der Waals surface area (Å²) >= 11 is 6.21. The van der Waals surface area contributed by atoms with Gasteiger partial charge in [-0.15, -0.1) is 11.8 Å². The second-order valence-corrected chi connectivity index (χ2v) is 4.92. The van der Waals surface area contributed by atoms with E-state index in [1.54, 1.807) is 0 Å². The summed E-state index contributed by atoms with van der Waals surface area (Å²) in [4.78, 5) is 0. The highest BCUT2D eigenvalue weighted by Gasteiger charge is 2.07. The average molecular weight is 230 g/mol. The second kappa shape index (κ2) is 5.71. The zero-order valence-electron chi connectivity index (χ0n) is 9.03. The number of thiol groups is 1. The van der Waals surface area contributed by atoms with Crippen LogP contribution in [-0.2, 0) is 7.05 Å². The SMILES string of the molecule is CCC(CS)CSc1cc(C)nn1C. The molecule has 14 heavy (non-hydrogen) atoms.